The van der Waals surface area contributed by atoms with E-state index in [9.17, 15) is 0 Å². The van der Waals surface area contributed by atoms with Crippen LogP contribution in [0.25, 0.3) is 0 Å². The molecule has 0 aromatic rings. The molecule has 76 valence electrons. The Morgan fingerprint density at radius 1 is 1.08 bits per heavy atom. The molecule has 0 saturated carbocycles. The zero-order valence-electron chi connectivity index (χ0n) is 9.47. The number of allylic oxidation sites excluding steroid dienone is 2. The summed E-state index contributed by atoms with van der Waals surface area (Å²) in [5.74, 6) is 2.20. The molecule has 1 heterocycles. The first-order valence-corrected chi connectivity index (χ1v) is 5.77. The molecule has 0 unspecified atom stereocenters. The first kappa shape index (κ1) is 11.0. The largest absolute Gasteiger partial charge is 0.480 e. The maximum Gasteiger partial charge on any atom is 0.162 e. The first-order chi connectivity index (χ1) is 5.90. The van der Waals surface area contributed by atoms with Crippen molar-refractivity contribution in [1.82, 2.24) is 0 Å². The predicted octanol–water partition coefficient (Wildman–Crippen LogP) is 4.01. The molecule has 0 bridgehead atoms. The fraction of sp³-hybridized carbons (Fsp3) is 0.818. The van der Waals surface area contributed by atoms with Crippen molar-refractivity contribution in [2.24, 2.45) is 11.8 Å². The van der Waals surface area contributed by atoms with Crippen LogP contribution in [-0.2, 0) is 4.74 Å². The van der Waals surface area contributed by atoms with Gasteiger partial charge in [-0.15, -0.1) is 0 Å². The number of thioether (sulfide) groups is 1. The van der Waals surface area contributed by atoms with Crippen LogP contribution in [0.2, 0.25) is 0 Å². The van der Waals surface area contributed by atoms with Gasteiger partial charge in [0.15, 0.2) is 4.93 Å². The number of ether oxygens (including phenoxy) is 1. The summed E-state index contributed by atoms with van der Waals surface area (Å²) >= 11 is 1.89. The second-order valence-corrected chi connectivity index (χ2v) is 5.80. The molecule has 1 aliphatic heterocycles. The van der Waals surface area contributed by atoms with Crippen molar-refractivity contribution >= 4 is 11.8 Å². The molecule has 0 saturated heterocycles. The average molecular weight is 200 g/mol. The van der Waals surface area contributed by atoms with Gasteiger partial charge in [0.1, 0.15) is 5.76 Å². The van der Waals surface area contributed by atoms with Crippen molar-refractivity contribution in [2.75, 3.05) is 0 Å². The molecule has 0 atom stereocenters. The summed E-state index contributed by atoms with van der Waals surface area (Å²) in [6.45, 7) is 13.1. The molecule has 2 heteroatoms. The van der Waals surface area contributed by atoms with E-state index in [1.807, 2.05) is 11.8 Å². The van der Waals surface area contributed by atoms with Crippen molar-refractivity contribution in [2.45, 2.75) is 46.5 Å². The normalized spacial score (nSPS) is 21.5. The Morgan fingerprint density at radius 2 is 1.54 bits per heavy atom. The minimum Gasteiger partial charge on any atom is -0.480 e. The third-order valence-electron chi connectivity index (χ3n) is 2.73. The molecule has 1 rings (SSSR count). The third kappa shape index (κ3) is 1.74. The SMILES string of the molecule is CC1=C(C)SC(C(C)C)(C(C)C)O1. The second kappa shape index (κ2) is 3.56. The van der Waals surface area contributed by atoms with Crippen LogP contribution in [0, 0.1) is 11.8 Å². The lowest BCUT2D eigenvalue weighted by atomic mass is 9.95. The number of hydrogen-bond acceptors (Lipinski definition) is 2. The summed E-state index contributed by atoms with van der Waals surface area (Å²) in [6, 6.07) is 0. The zero-order valence-corrected chi connectivity index (χ0v) is 10.3. The number of hydrogen-bond donors (Lipinski definition) is 0. The van der Waals surface area contributed by atoms with Gasteiger partial charge in [-0.25, -0.2) is 0 Å². The Bertz CT molecular complexity index is 204. The topological polar surface area (TPSA) is 9.23 Å². The van der Waals surface area contributed by atoms with Gasteiger partial charge >= 0.3 is 0 Å². The van der Waals surface area contributed by atoms with E-state index in [1.165, 1.54) is 4.91 Å². The minimum absolute atomic E-state index is 0.0197. The number of rotatable bonds is 2. The first-order valence-electron chi connectivity index (χ1n) is 4.95. The molecule has 0 amide bonds. The molecule has 0 radical (unpaired) electrons. The minimum atomic E-state index is -0.0197. The van der Waals surface area contributed by atoms with Gasteiger partial charge in [-0.05, 0) is 13.8 Å². The van der Waals surface area contributed by atoms with Crippen LogP contribution in [-0.4, -0.2) is 4.93 Å². The zero-order chi connectivity index (χ0) is 10.2. The Balaban J connectivity index is 2.89. The van der Waals surface area contributed by atoms with E-state index in [2.05, 4.69) is 41.5 Å². The van der Waals surface area contributed by atoms with Gasteiger partial charge in [-0.2, -0.15) is 0 Å². The average Bonchev–Trinajstić information content (AvgIpc) is 2.29. The Hall–Kier alpha value is -0.110. The van der Waals surface area contributed by atoms with Gasteiger partial charge in [0.2, 0.25) is 0 Å². The van der Waals surface area contributed by atoms with Crippen LogP contribution in [0.15, 0.2) is 10.7 Å². The highest BCUT2D eigenvalue weighted by molar-refractivity contribution is 8.04. The lowest BCUT2D eigenvalue weighted by Gasteiger charge is -2.36. The fourth-order valence-electron chi connectivity index (χ4n) is 1.78. The van der Waals surface area contributed by atoms with Gasteiger partial charge in [0, 0.05) is 16.7 Å². The fourth-order valence-corrected chi connectivity index (χ4v) is 3.08. The molecule has 1 nitrogen and oxygen atoms in total. The van der Waals surface area contributed by atoms with E-state index in [0.717, 1.165) is 5.76 Å². The van der Waals surface area contributed by atoms with Gasteiger partial charge in [-0.1, -0.05) is 39.5 Å². The van der Waals surface area contributed by atoms with Gasteiger partial charge in [-0.3, -0.25) is 0 Å². The van der Waals surface area contributed by atoms with Crippen LogP contribution in [0.3, 0.4) is 0 Å². The molecule has 13 heavy (non-hydrogen) atoms. The Kier molecular flexibility index (Phi) is 3.01. The summed E-state index contributed by atoms with van der Waals surface area (Å²) in [5.41, 5.74) is 0. The maximum atomic E-state index is 6.03. The Morgan fingerprint density at radius 3 is 1.69 bits per heavy atom. The van der Waals surface area contributed by atoms with Gasteiger partial charge < -0.3 is 4.74 Å². The molecular weight excluding hydrogens is 180 g/mol. The summed E-state index contributed by atoms with van der Waals surface area (Å²) in [4.78, 5) is 1.32. The van der Waals surface area contributed by atoms with E-state index in [1.54, 1.807) is 0 Å². The summed E-state index contributed by atoms with van der Waals surface area (Å²) in [7, 11) is 0. The van der Waals surface area contributed by atoms with Crippen LogP contribution < -0.4 is 0 Å². The summed E-state index contributed by atoms with van der Waals surface area (Å²) < 4.78 is 6.03. The highest BCUT2D eigenvalue weighted by atomic mass is 32.2. The molecule has 0 N–H and O–H groups in total. The second-order valence-electron chi connectivity index (χ2n) is 4.35. The highest BCUT2D eigenvalue weighted by Gasteiger charge is 2.44. The van der Waals surface area contributed by atoms with E-state index >= 15 is 0 Å². The highest BCUT2D eigenvalue weighted by Crippen LogP contribution is 2.51. The van der Waals surface area contributed by atoms with Crippen LogP contribution in [0.5, 0.6) is 0 Å². The molecule has 0 fully saturated rings. The third-order valence-corrected chi connectivity index (χ3v) is 4.67. The lowest BCUT2D eigenvalue weighted by Crippen LogP contribution is -2.37. The lowest BCUT2D eigenvalue weighted by molar-refractivity contribution is 0.0149. The monoisotopic (exact) mass is 200 g/mol. The van der Waals surface area contributed by atoms with Gasteiger partial charge in [0.25, 0.3) is 0 Å². The molecule has 1 aliphatic rings. The molecular formula is C11H20OS. The van der Waals surface area contributed by atoms with Gasteiger partial charge in [0.05, 0.1) is 0 Å². The van der Waals surface area contributed by atoms with Crippen LogP contribution in [0.4, 0.5) is 0 Å². The summed E-state index contributed by atoms with van der Waals surface area (Å²) in [5, 5.41) is 0. The van der Waals surface area contributed by atoms with Crippen molar-refractivity contribution in [3.05, 3.63) is 10.7 Å². The van der Waals surface area contributed by atoms with Crippen LogP contribution in [0.1, 0.15) is 41.5 Å². The van der Waals surface area contributed by atoms with Crippen molar-refractivity contribution in [1.29, 1.82) is 0 Å². The van der Waals surface area contributed by atoms with Crippen molar-refractivity contribution in [3.8, 4) is 0 Å². The summed E-state index contributed by atoms with van der Waals surface area (Å²) in [6.07, 6.45) is 0. The van der Waals surface area contributed by atoms with Crippen molar-refractivity contribution in [3.63, 3.8) is 0 Å². The quantitative estimate of drug-likeness (QED) is 0.666. The molecule has 0 aromatic carbocycles. The van der Waals surface area contributed by atoms with E-state index in [-0.39, 0.29) is 4.93 Å². The Labute approximate surface area is 85.9 Å². The van der Waals surface area contributed by atoms with Crippen molar-refractivity contribution < 1.29 is 4.74 Å². The molecule has 0 aromatic heterocycles. The van der Waals surface area contributed by atoms with E-state index in [0.29, 0.717) is 11.8 Å². The molecule has 0 spiro atoms. The molecule has 0 aliphatic carbocycles. The maximum absolute atomic E-state index is 6.03. The van der Waals surface area contributed by atoms with E-state index in [4.69, 9.17) is 4.74 Å². The predicted molar refractivity (Wildman–Crippen MR) is 59.5 cm³/mol. The standard InChI is InChI=1S/C11H20OS/c1-7(2)11(8(3)4)12-9(5)10(6)13-11/h7-8H,1-6H3. The van der Waals surface area contributed by atoms with E-state index < -0.39 is 0 Å². The smallest absolute Gasteiger partial charge is 0.162 e. The van der Waals surface area contributed by atoms with Crippen LogP contribution >= 0.6 is 11.8 Å².